The first kappa shape index (κ1) is 17.0. The average Bonchev–Trinajstić information content (AvgIpc) is 3.12. The Labute approximate surface area is 155 Å². The number of rotatable bonds is 4. The number of nitrogens with zero attached hydrogens (tertiary/aromatic N) is 5. The second-order valence-corrected chi connectivity index (χ2v) is 8.38. The molecule has 6 nitrogen and oxygen atoms in total. The van der Waals surface area contributed by atoms with Crippen LogP contribution in [-0.4, -0.2) is 50.7 Å². The second kappa shape index (κ2) is 7.03. The summed E-state index contributed by atoms with van der Waals surface area (Å²) < 4.78 is 7.46. The molecule has 4 heterocycles. The van der Waals surface area contributed by atoms with E-state index in [-0.39, 0.29) is 0 Å². The number of fused-ring (bicyclic) bond motifs is 1. The topological polar surface area (TPSA) is 56.1 Å². The van der Waals surface area contributed by atoms with E-state index in [4.69, 9.17) is 14.7 Å². The molecule has 4 rings (SSSR count). The maximum atomic E-state index is 5.44. The van der Waals surface area contributed by atoms with Gasteiger partial charge in [0.05, 0.1) is 19.8 Å². The van der Waals surface area contributed by atoms with Crippen molar-refractivity contribution in [2.45, 2.75) is 30.6 Å². The van der Waals surface area contributed by atoms with E-state index in [1.165, 1.54) is 15.8 Å². The van der Waals surface area contributed by atoms with Gasteiger partial charge in [-0.1, -0.05) is 0 Å². The van der Waals surface area contributed by atoms with Gasteiger partial charge in [-0.2, -0.15) is 0 Å². The van der Waals surface area contributed by atoms with Gasteiger partial charge in [0, 0.05) is 42.8 Å². The van der Waals surface area contributed by atoms with Crippen molar-refractivity contribution in [3.8, 4) is 0 Å². The van der Waals surface area contributed by atoms with Crippen molar-refractivity contribution in [2.24, 2.45) is 7.05 Å². The summed E-state index contributed by atoms with van der Waals surface area (Å²) in [5.41, 5.74) is 1.27. The molecule has 0 amide bonds. The highest BCUT2D eigenvalue weighted by atomic mass is 32.2. The number of hydrogen-bond donors (Lipinski definition) is 0. The summed E-state index contributed by atoms with van der Waals surface area (Å²) in [5.74, 6) is 0.882. The number of hydrogen-bond acceptors (Lipinski definition) is 7. The molecule has 0 N–H and O–H groups in total. The van der Waals surface area contributed by atoms with Crippen LogP contribution in [-0.2, 0) is 18.3 Å². The van der Waals surface area contributed by atoms with Gasteiger partial charge in [0.1, 0.15) is 15.7 Å². The van der Waals surface area contributed by atoms with Crippen molar-refractivity contribution in [3.05, 3.63) is 28.7 Å². The largest absolute Gasteiger partial charge is 0.379 e. The molecule has 0 aromatic carbocycles. The quantitative estimate of drug-likeness (QED) is 0.654. The van der Waals surface area contributed by atoms with Crippen LogP contribution < -0.4 is 0 Å². The monoisotopic (exact) mass is 375 g/mol. The molecule has 1 aliphatic rings. The Hall–Kier alpha value is -1.48. The lowest BCUT2D eigenvalue weighted by Gasteiger charge is -2.25. The predicted molar refractivity (Wildman–Crippen MR) is 100 cm³/mol. The Balaban J connectivity index is 1.73. The van der Waals surface area contributed by atoms with E-state index in [0.29, 0.717) is 0 Å². The van der Waals surface area contributed by atoms with Crippen molar-refractivity contribution >= 4 is 33.3 Å². The van der Waals surface area contributed by atoms with Crippen LogP contribution in [0.5, 0.6) is 0 Å². The number of thiophene rings is 1. The lowest BCUT2D eigenvalue weighted by Crippen LogP contribution is -2.36. The van der Waals surface area contributed by atoms with Crippen LogP contribution >= 0.6 is 23.1 Å². The number of aryl methyl sites for hydroxylation is 3. The average molecular weight is 376 g/mol. The van der Waals surface area contributed by atoms with E-state index in [9.17, 15) is 0 Å². The van der Waals surface area contributed by atoms with E-state index in [1.807, 2.05) is 24.0 Å². The number of ether oxygens (including phenoxy) is 1. The minimum atomic E-state index is 0.767. The minimum Gasteiger partial charge on any atom is -0.379 e. The number of morpholine rings is 1. The molecule has 8 heteroatoms. The molecule has 0 spiro atoms. The van der Waals surface area contributed by atoms with Crippen LogP contribution in [0, 0.1) is 13.8 Å². The van der Waals surface area contributed by atoms with E-state index in [1.54, 1.807) is 23.1 Å². The Morgan fingerprint density at radius 3 is 2.76 bits per heavy atom. The maximum absolute atomic E-state index is 5.44. The summed E-state index contributed by atoms with van der Waals surface area (Å²) in [4.78, 5) is 18.9. The van der Waals surface area contributed by atoms with Crippen molar-refractivity contribution in [2.75, 3.05) is 26.3 Å². The lowest BCUT2D eigenvalue weighted by atomic mass is 10.2. The Morgan fingerprint density at radius 1 is 1.24 bits per heavy atom. The van der Waals surface area contributed by atoms with Crippen LogP contribution in [0.3, 0.4) is 0 Å². The summed E-state index contributed by atoms with van der Waals surface area (Å²) in [6.07, 6.45) is 3.78. The fourth-order valence-corrected chi connectivity index (χ4v) is 5.00. The normalized spacial score (nSPS) is 16.0. The molecule has 3 aromatic heterocycles. The van der Waals surface area contributed by atoms with Crippen LogP contribution in [0.25, 0.3) is 10.2 Å². The Bertz CT molecular complexity index is 898. The Morgan fingerprint density at radius 2 is 2.04 bits per heavy atom. The zero-order valence-corrected chi connectivity index (χ0v) is 16.3. The summed E-state index contributed by atoms with van der Waals surface area (Å²) in [7, 11) is 2.01. The first-order chi connectivity index (χ1) is 12.1. The summed E-state index contributed by atoms with van der Waals surface area (Å²) in [6, 6.07) is 0. The van der Waals surface area contributed by atoms with Gasteiger partial charge < -0.3 is 9.30 Å². The molecule has 0 atom stereocenters. The third-order valence-corrected chi connectivity index (χ3v) is 6.64. The van der Waals surface area contributed by atoms with Crippen molar-refractivity contribution in [1.29, 1.82) is 0 Å². The molecule has 0 aliphatic carbocycles. The molecule has 25 heavy (non-hydrogen) atoms. The van der Waals surface area contributed by atoms with E-state index in [2.05, 4.69) is 23.7 Å². The molecular formula is C17H21N5OS2. The molecule has 132 valence electrons. The highest BCUT2D eigenvalue weighted by molar-refractivity contribution is 7.99. The maximum Gasteiger partial charge on any atom is 0.174 e. The van der Waals surface area contributed by atoms with E-state index >= 15 is 0 Å². The third kappa shape index (κ3) is 3.44. The second-order valence-electron chi connectivity index (χ2n) is 6.22. The number of aromatic nitrogens is 4. The zero-order chi connectivity index (χ0) is 17.4. The van der Waals surface area contributed by atoms with E-state index < -0.39 is 0 Å². The SMILES string of the molecule is Cc1sc2nc(CN3CCOCC3)nc(Sc3nccn3C)c2c1C. The summed E-state index contributed by atoms with van der Waals surface area (Å²) >= 11 is 3.37. The lowest BCUT2D eigenvalue weighted by molar-refractivity contribution is 0.0330. The minimum absolute atomic E-state index is 0.767. The van der Waals surface area contributed by atoms with Gasteiger partial charge in [-0.05, 0) is 31.2 Å². The highest BCUT2D eigenvalue weighted by Crippen LogP contribution is 2.37. The van der Waals surface area contributed by atoms with E-state index in [0.717, 1.165) is 53.7 Å². The summed E-state index contributed by atoms with van der Waals surface area (Å²) in [6.45, 7) is 8.52. The van der Waals surface area contributed by atoms with Crippen molar-refractivity contribution in [3.63, 3.8) is 0 Å². The standard InChI is InChI=1S/C17H21N5OS2/c1-11-12(2)24-15-14(11)16(25-17-18-4-5-21(17)3)20-13(19-15)10-22-6-8-23-9-7-22/h4-5H,6-10H2,1-3H3. The smallest absolute Gasteiger partial charge is 0.174 e. The molecule has 0 saturated carbocycles. The Kier molecular flexibility index (Phi) is 4.77. The van der Waals surface area contributed by atoms with Gasteiger partial charge in [0.25, 0.3) is 0 Å². The van der Waals surface area contributed by atoms with Gasteiger partial charge in [0.15, 0.2) is 5.16 Å². The van der Waals surface area contributed by atoms with Gasteiger partial charge >= 0.3 is 0 Å². The summed E-state index contributed by atoms with van der Waals surface area (Å²) in [5, 5.41) is 3.12. The fraction of sp³-hybridized carbons (Fsp3) is 0.471. The van der Waals surface area contributed by atoms with Crippen LogP contribution in [0.2, 0.25) is 0 Å². The highest BCUT2D eigenvalue weighted by Gasteiger charge is 2.19. The van der Waals surface area contributed by atoms with Crippen LogP contribution in [0.15, 0.2) is 22.6 Å². The molecule has 1 saturated heterocycles. The zero-order valence-electron chi connectivity index (χ0n) is 14.7. The van der Waals surface area contributed by atoms with Gasteiger partial charge in [-0.25, -0.2) is 15.0 Å². The number of imidazole rings is 1. The molecule has 3 aromatic rings. The van der Waals surface area contributed by atoms with Crippen LogP contribution in [0.4, 0.5) is 0 Å². The van der Waals surface area contributed by atoms with Gasteiger partial charge in [0.2, 0.25) is 0 Å². The van der Waals surface area contributed by atoms with Gasteiger partial charge in [-0.15, -0.1) is 11.3 Å². The molecule has 0 bridgehead atoms. The third-order valence-electron chi connectivity index (χ3n) is 4.48. The molecule has 0 unspecified atom stereocenters. The predicted octanol–water partition coefficient (Wildman–Crippen LogP) is 3.03. The molecular weight excluding hydrogens is 354 g/mol. The first-order valence-corrected chi connectivity index (χ1v) is 9.97. The molecule has 1 fully saturated rings. The van der Waals surface area contributed by atoms with Crippen molar-refractivity contribution < 1.29 is 4.74 Å². The first-order valence-electron chi connectivity index (χ1n) is 8.33. The van der Waals surface area contributed by atoms with Crippen molar-refractivity contribution in [1.82, 2.24) is 24.4 Å². The molecule has 0 radical (unpaired) electrons. The van der Waals surface area contributed by atoms with Crippen LogP contribution in [0.1, 0.15) is 16.3 Å². The fourth-order valence-electron chi connectivity index (χ4n) is 2.90. The van der Waals surface area contributed by atoms with Gasteiger partial charge in [-0.3, -0.25) is 4.90 Å². The molecule has 1 aliphatic heterocycles.